The third kappa shape index (κ3) is 4.16. The molecule has 0 saturated carbocycles. The van der Waals surface area contributed by atoms with Gasteiger partial charge in [-0.1, -0.05) is 6.92 Å². The van der Waals surface area contributed by atoms with Crippen LogP contribution >= 0.6 is 0 Å². The Labute approximate surface area is 144 Å². The molecule has 1 aliphatic rings. The SMILES string of the molecule is CCC(C)Nc1cc(Nc2ccc(N3CCCC3)cc2)nc(C)n1. The summed E-state index contributed by atoms with van der Waals surface area (Å²) in [6.45, 7) is 8.57. The molecule has 2 heterocycles. The Morgan fingerprint density at radius 2 is 1.75 bits per heavy atom. The molecule has 1 atom stereocenters. The maximum atomic E-state index is 4.49. The molecule has 128 valence electrons. The van der Waals surface area contributed by atoms with E-state index in [-0.39, 0.29) is 0 Å². The van der Waals surface area contributed by atoms with Gasteiger partial charge < -0.3 is 15.5 Å². The highest BCUT2D eigenvalue weighted by molar-refractivity contribution is 5.62. The van der Waals surface area contributed by atoms with Crippen LogP contribution in [0.1, 0.15) is 38.9 Å². The van der Waals surface area contributed by atoms with Gasteiger partial charge in [0.2, 0.25) is 0 Å². The number of hydrogen-bond donors (Lipinski definition) is 2. The molecule has 0 spiro atoms. The fraction of sp³-hybridized carbons (Fsp3) is 0.474. The van der Waals surface area contributed by atoms with E-state index >= 15 is 0 Å². The Kier molecular flexibility index (Phi) is 5.18. The van der Waals surface area contributed by atoms with E-state index in [2.05, 4.69) is 63.6 Å². The van der Waals surface area contributed by atoms with Gasteiger partial charge in [-0.2, -0.15) is 0 Å². The normalized spacial score (nSPS) is 15.4. The van der Waals surface area contributed by atoms with E-state index < -0.39 is 0 Å². The van der Waals surface area contributed by atoms with Crippen molar-refractivity contribution in [3.63, 3.8) is 0 Å². The molecule has 5 heteroatoms. The minimum Gasteiger partial charge on any atom is -0.372 e. The molecule has 1 unspecified atom stereocenters. The molecule has 1 saturated heterocycles. The number of benzene rings is 1. The van der Waals surface area contributed by atoms with Crippen molar-refractivity contribution >= 4 is 23.0 Å². The van der Waals surface area contributed by atoms with Crippen molar-refractivity contribution in [1.29, 1.82) is 0 Å². The van der Waals surface area contributed by atoms with Crippen molar-refractivity contribution in [3.8, 4) is 0 Å². The van der Waals surface area contributed by atoms with Gasteiger partial charge in [0.1, 0.15) is 17.5 Å². The number of hydrogen-bond acceptors (Lipinski definition) is 5. The number of rotatable bonds is 6. The van der Waals surface area contributed by atoms with Crippen LogP contribution in [0.5, 0.6) is 0 Å². The topological polar surface area (TPSA) is 53.1 Å². The molecule has 5 nitrogen and oxygen atoms in total. The Balaban J connectivity index is 1.70. The van der Waals surface area contributed by atoms with E-state index in [1.54, 1.807) is 0 Å². The van der Waals surface area contributed by atoms with E-state index in [4.69, 9.17) is 0 Å². The van der Waals surface area contributed by atoms with Crippen molar-refractivity contribution in [3.05, 3.63) is 36.2 Å². The lowest BCUT2D eigenvalue weighted by molar-refractivity contribution is 0.757. The first-order valence-corrected chi connectivity index (χ1v) is 8.88. The molecule has 24 heavy (non-hydrogen) atoms. The van der Waals surface area contributed by atoms with E-state index in [0.29, 0.717) is 6.04 Å². The molecule has 2 aromatic rings. The van der Waals surface area contributed by atoms with Gasteiger partial charge in [0, 0.05) is 36.6 Å². The second kappa shape index (κ2) is 7.51. The summed E-state index contributed by atoms with van der Waals surface area (Å²) in [5.41, 5.74) is 2.35. The zero-order valence-corrected chi connectivity index (χ0v) is 14.8. The highest BCUT2D eigenvalue weighted by Crippen LogP contribution is 2.24. The first-order valence-electron chi connectivity index (χ1n) is 8.88. The first kappa shape index (κ1) is 16.6. The average Bonchev–Trinajstić information content (AvgIpc) is 3.09. The van der Waals surface area contributed by atoms with Crippen LogP contribution in [0.15, 0.2) is 30.3 Å². The Morgan fingerprint density at radius 3 is 2.42 bits per heavy atom. The first-order chi connectivity index (χ1) is 11.6. The van der Waals surface area contributed by atoms with Crippen LogP contribution in [0.4, 0.5) is 23.0 Å². The van der Waals surface area contributed by atoms with E-state index in [1.807, 2.05) is 13.0 Å². The number of aromatic nitrogens is 2. The number of nitrogens with zero attached hydrogens (tertiary/aromatic N) is 3. The lowest BCUT2D eigenvalue weighted by Crippen LogP contribution is -2.17. The van der Waals surface area contributed by atoms with Crippen LogP contribution in [0.2, 0.25) is 0 Å². The summed E-state index contributed by atoms with van der Waals surface area (Å²) >= 11 is 0. The van der Waals surface area contributed by atoms with Crippen molar-refractivity contribution in [2.24, 2.45) is 0 Å². The van der Waals surface area contributed by atoms with E-state index in [1.165, 1.54) is 31.6 Å². The predicted octanol–water partition coefficient (Wildman–Crippen LogP) is 4.34. The standard InChI is InChI=1S/C19H27N5/c1-4-14(2)20-18-13-19(22-15(3)21-18)23-16-7-9-17(10-8-16)24-11-5-6-12-24/h7-10,13-14H,4-6,11-12H2,1-3H3,(H2,20,21,22,23). The van der Waals surface area contributed by atoms with E-state index in [9.17, 15) is 0 Å². The largest absolute Gasteiger partial charge is 0.372 e. The highest BCUT2D eigenvalue weighted by atomic mass is 15.1. The smallest absolute Gasteiger partial charge is 0.136 e. The summed E-state index contributed by atoms with van der Waals surface area (Å²) in [6.07, 6.45) is 3.65. The fourth-order valence-electron chi connectivity index (χ4n) is 2.94. The zero-order valence-electron chi connectivity index (χ0n) is 14.8. The monoisotopic (exact) mass is 325 g/mol. The molecule has 0 radical (unpaired) electrons. The maximum absolute atomic E-state index is 4.49. The average molecular weight is 325 g/mol. The molecular weight excluding hydrogens is 298 g/mol. The molecule has 2 N–H and O–H groups in total. The minimum atomic E-state index is 0.395. The molecule has 1 aromatic carbocycles. The molecule has 0 bridgehead atoms. The summed E-state index contributed by atoms with van der Waals surface area (Å²) in [5, 5.41) is 6.79. The minimum absolute atomic E-state index is 0.395. The van der Waals surface area contributed by atoms with Gasteiger partial charge in [-0.05, 0) is 57.4 Å². The summed E-state index contributed by atoms with van der Waals surface area (Å²) < 4.78 is 0. The van der Waals surface area contributed by atoms with Crippen molar-refractivity contribution < 1.29 is 0 Å². The van der Waals surface area contributed by atoms with Crippen LogP contribution in [0, 0.1) is 6.92 Å². The summed E-state index contributed by atoms with van der Waals surface area (Å²) in [4.78, 5) is 11.4. The lowest BCUT2D eigenvalue weighted by Gasteiger charge is -2.18. The molecular formula is C19H27N5. The van der Waals surface area contributed by atoms with Gasteiger partial charge in [0.05, 0.1) is 0 Å². The molecule has 1 aliphatic heterocycles. The molecule has 1 aromatic heterocycles. The van der Waals surface area contributed by atoms with Gasteiger partial charge in [0.25, 0.3) is 0 Å². The second-order valence-corrected chi connectivity index (χ2v) is 6.51. The van der Waals surface area contributed by atoms with Crippen molar-refractivity contribution in [2.75, 3.05) is 28.6 Å². The fourth-order valence-corrected chi connectivity index (χ4v) is 2.94. The van der Waals surface area contributed by atoms with Crippen LogP contribution < -0.4 is 15.5 Å². The van der Waals surface area contributed by atoms with Crippen molar-refractivity contribution in [1.82, 2.24) is 9.97 Å². The summed E-state index contributed by atoms with van der Waals surface area (Å²) in [6, 6.07) is 11.0. The molecule has 3 rings (SSSR count). The Hall–Kier alpha value is -2.30. The van der Waals surface area contributed by atoms with Gasteiger partial charge in [-0.25, -0.2) is 9.97 Å². The maximum Gasteiger partial charge on any atom is 0.136 e. The quantitative estimate of drug-likeness (QED) is 0.827. The van der Waals surface area contributed by atoms with Crippen LogP contribution in [-0.4, -0.2) is 29.1 Å². The van der Waals surface area contributed by atoms with Gasteiger partial charge in [-0.3, -0.25) is 0 Å². The highest BCUT2D eigenvalue weighted by Gasteiger charge is 2.12. The second-order valence-electron chi connectivity index (χ2n) is 6.51. The van der Waals surface area contributed by atoms with Crippen molar-refractivity contribution in [2.45, 2.75) is 46.1 Å². The number of nitrogens with one attached hydrogen (secondary N) is 2. The third-order valence-electron chi connectivity index (χ3n) is 4.46. The third-order valence-corrected chi connectivity index (χ3v) is 4.46. The zero-order chi connectivity index (χ0) is 16.9. The Bertz CT molecular complexity index is 662. The summed E-state index contributed by atoms with van der Waals surface area (Å²) in [7, 11) is 0. The molecule has 1 fully saturated rings. The molecule has 0 aliphatic carbocycles. The van der Waals surface area contributed by atoms with Crippen LogP contribution in [-0.2, 0) is 0 Å². The number of anilines is 4. The molecule has 0 amide bonds. The van der Waals surface area contributed by atoms with E-state index in [0.717, 1.165) is 29.6 Å². The predicted molar refractivity (Wildman–Crippen MR) is 101 cm³/mol. The van der Waals surface area contributed by atoms with Crippen LogP contribution in [0.25, 0.3) is 0 Å². The van der Waals surface area contributed by atoms with Gasteiger partial charge >= 0.3 is 0 Å². The Morgan fingerprint density at radius 1 is 1.08 bits per heavy atom. The van der Waals surface area contributed by atoms with Gasteiger partial charge in [-0.15, -0.1) is 0 Å². The summed E-state index contributed by atoms with van der Waals surface area (Å²) in [5.74, 6) is 2.45. The van der Waals surface area contributed by atoms with Crippen LogP contribution in [0.3, 0.4) is 0 Å². The number of aryl methyl sites for hydroxylation is 1. The van der Waals surface area contributed by atoms with Gasteiger partial charge in [0.15, 0.2) is 0 Å². The lowest BCUT2D eigenvalue weighted by atomic mass is 10.2.